The Morgan fingerprint density at radius 2 is 2.50 bits per heavy atom. The van der Waals surface area contributed by atoms with Crippen molar-refractivity contribution in [3.8, 4) is 0 Å². The second kappa shape index (κ2) is 5.78. The van der Waals surface area contributed by atoms with E-state index >= 15 is 0 Å². The lowest BCUT2D eigenvalue weighted by molar-refractivity contribution is -0.136. The standard InChI is InChI=1S/C9H11BrO2S2/c1-6(4-9(11)12)14-5-8-7(10)2-3-13-8/h2-3,6H,4-5H2,1H3,(H,11,12). The van der Waals surface area contributed by atoms with Gasteiger partial charge in [0.1, 0.15) is 0 Å². The summed E-state index contributed by atoms with van der Waals surface area (Å²) in [5.41, 5.74) is 0. The third-order valence-electron chi connectivity index (χ3n) is 1.65. The van der Waals surface area contributed by atoms with Gasteiger partial charge in [0.2, 0.25) is 0 Å². The Morgan fingerprint density at radius 3 is 3.00 bits per heavy atom. The van der Waals surface area contributed by atoms with Gasteiger partial charge in [0.25, 0.3) is 0 Å². The van der Waals surface area contributed by atoms with Gasteiger partial charge in [0.05, 0.1) is 6.42 Å². The third-order valence-corrected chi connectivity index (χ3v) is 4.95. The van der Waals surface area contributed by atoms with Gasteiger partial charge in [-0.2, -0.15) is 11.8 Å². The second-order valence-corrected chi connectivity index (χ2v) is 6.19. The van der Waals surface area contributed by atoms with Crippen LogP contribution in [0.1, 0.15) is 18.2 Å². The average Bonchev–Trinajstić information content (AvgIpc) is 2.46. The van der Waals surface area contributed by atoms with Crippen molar-refractivity contribution >= 4 is 45.0 Å². The fraction of sp³-hybridized carbons (Fsp3) is 0.444. The molecule has 14 heavy (non-hydrogen) atoms. The molecule has 1 N–H and O–H groups in total. The lowest BCUT2D eigenvalue weighted by Gasteiger charge is -2.07. The molecule has 0 aromatic carbocycles. The Hall–Kier alpha value is -0.000000000000000111. The minimum atomic E-state index is -0.727. The number of hydrogen-bond donors (Lipinski definition) is 1. The molecule has 78 valence electrons. The second-order valence-electron chi connectivity index (χ2n) is 2.91. The summed E-state index contributed by atoms with van der Waals surface area (Å²) in [5.74, 6) is 0.155. The zero-order chi connectivity index (χ0) is 10.6. The molecule has 2 nitrogen and oxygen atoms in total. The van der Waals surface area contributed by atoms with Crippen LogP contribution in [-0.4, -0.2) is 16.3 Å². The molecule has 1 aromatic rings. The Bertz CT molecular complexity index is 312. The molecule has 5 heteroatoms. The maximum Gasteiger partial charge on any atom is 0.304 e. The summed E-state index contributed by atoms with van der Waals surface area (Å²) >= 11 is 6.82. The molecule has 1 unspecified atom stereocenters. The van der Waals surface area contributed by atoms with Crippen LogP contribution < -0.4 is 0 Å². The summed E-state index contributed by atoms with van der Waals surface area (Å²) in [7, 11) is 0. The van der Waals surface area contributed by atoms with Crippen molar-refractivity contribution in [3.63, 3.8) is 0 Å². The Labute approximate surface area is 99.8 Å². The Balaban J connectivity index is 2.34. The average molecular weight is 295 g/mol. The van der Waals surface area contributed by atoms with Gasteiger partial charge in [-0.1, -0.05) is 6.92 Å². The Morgan fingerprint density at radius 1 is 1.79 bits per heavy atom. The van der Waals surface area contributed by atoms with Crippen molar-refractivity contribution in [1.82, 2.24) is 0 Å². The quantitative estimate of drug-likeness (QED) is 0.901. The van der Waals surface area contributed by atoms with Gasteiger partial charge >= 0.3 is 5.97 Å². The normalized spacial score (nSPS) is 12.7. The first-order valence-electron chi connectivity index (χ1n) is 4.15. The highest BCUT2D eigenvalue weighted by atomic mass is 79.9. The van der Waals surface area contributed by atoms with E-state index in [0.717, 1.165) is 10.2 Å². The summed E-state index contributed by atoms with van der Waals surface area (Å²) in [6.07, 6.45) is 0.230. The van der Waals surface area contributed by atoms with Crippen molar-refractivity contribution in [2.45, 2.75) is 24.3 Å². The topological polar surface area (TPSA) is 37.3 Å². The van der Waals surface area contributed by atoms with Gasteiger partial charge in [-0.3, -0.25) is 4.79 Å². The van der Waals surface area contributed by atoms with Gasteiger partial charge in [0, 0.05) is 20.4 Å². The van der Waals surface area contributed by atoms with Crippen LogP contribution in [0.5, 0.6) is 0 Å². The molecule has 0 aliphatic heterocycles. The molecule has 1 atom stereocenters. The summed E-state index contributed by atoms with van der Waals surface area (Å²) in [6.45, 7) is 1.94. The number of hydrogen-bond acceptors (Lipinski definition) is 3. The van der Waals surface area contributed by atoms with Crippen molar-refractivity contribution in [2.75, 3.05) is 0 Å². The lowest BCUT2D eigenvalue weighted by Crippen LogP contribution is -2.05. The smallest absolute Gasteiger partial charge is 0.304 e. The molecule has 0 saturated carbocycles. The number of rotatable bonds is 5. The zero-order valence-electron chi connectivity index (χ0n) is 7.70. The largest absolute Gasteiger partial charge is 0.481 e. The number of thiophene rings is 1. The minimum absolute atomic E-state index is 0.168. The SMILES string of the molecule is CC(CC(=O)O)SCc1sccc1Br. The maximum atomic E-state index is 10.4. The van der Waals surface area contributed by atoms with E-state index in [1.54, 1.807) is 23.1 Å². The first kappa shape index (κ1) is 12.1. The van der Waals surface area contributed by atoms with Gasteiger partial charge in [-0.15, -0.1) is 11.3 Å². The molecule has 0 amide bonds. The molecule has 0 fully saturated rings. The first-order chi connectivity index (χ1) is 6.59. The molecule has 0 bridgehead atoms. The van der Waals surface area contributed by atoms with Gasteiger partial charge in [-0.05, 0) is 27.4 Å². The number of carboxylic acids is 1. The molecule has 0 radical (unpaired) electrons. The van der Waals surface area contributed by atoms with Crippen LogP contribution in [-0.2, 0) is 10.5 Å². The predicted octanol–water partition coefficient (Wildman–Crippen LogP) is 3.61. The van der Waals surface area contributed by atoms with Crippen LogP contribution in [0.25, 0.3) is 0 Å². The van der Waals surface area contributed by atoms with Crippen LogP contribution >= 0.6 is 39.0 Å². The van der Waals surface area contributed by atoms with E-state index in [1.807, 2.05) is 18.4 Å². The molecule has 0 spiro atoms. The highest BCUT2D eigenvalue weighted by Gasteiger charge is 2.09. The summed E-state index contributed by atoms with van der Waals surface area (Å²) in [5, 5.41) is 10.8. The molecular formula is C9H11BrO2S2. The fourth-order valence-corrected chi connectivity index (χ4v) is 3.74. The van der Waals surface area contributed by atoms with E-state index in [0.29, 0.717) is 0 Å². The van der Waals surface area contributed by atoms with E-state index in [-0.39, 0.29) is 11.7 Å². The molecule has 1 heterocycles. The minimum Gasteiger partial charge on any atom is -0.481 e. The Kier molecular flexibility index (Phi) is 4.98. The molecule has 1 aromatic heterocycles. The highest BCUT2D eigenvalue weighted by molar-refractivity contribution is 9.10. The molecule has 0 aliphatic rings. The van der Waals surface area contributed by atoms with Crippen LogP contribution in [0.4, 0.5) is 0 Å². The zero-order valence-corrected chi connectivity index (χ0v) is 10.9. The predicted molar refractivity (Wildman–Crippen MR) is 65.0 cm³/mol. The summed E-state index contributed by atoms with van der Waals surface area (Å²) < 4.78 is 1.12. The van der Waals surface area contributed by atoms with Crippen molar-refractivity contribution < 1.29 is 9.90 Å². The summed E-state index contributed by atoms with van der Waals surface area (Å²) in [6, 6.07) is 2.02. The number of halogens is 1. The maximum absolute atomic E-state index is 10.4. The van der Waals surface area contributed by atoms with Crippen LogP contribution in [0.3, 0.4) is 0 Å². The molecular weight excluding hydrogens is 284 g/mol. The van der Waals surface area contributed by atoms with Crippen LogP contribution in [0.15, 0.2) is 15.9 Å². The van der Waals surface area contributed by atoms with Crippen molar-refractivity contribution in [2.24, 2.45) is 0 Å². The highest BCUT2D eigenvalue weighted by Crippen LogP contribution is 2.29. The first-order valence-corrected chi connectivity index (χ1v) is 6.87. The van der Waals surface area contributed by atoms with Crippen molar-refractivity contribution in [1.29, 1.82) is 0 Å². The number of aliphatic carboxylic acids is 1. The van der Waals surface area contributed by atoms with E-state index in [9.17, 15) is 4.79 Å². The summed E-state index contributed by atoms with van der Waals surface area (Å²) in [4.78, 5) is 11.7. The van der Waals surface area contributed by atoms with E-state index < -0.39 is 5.97 Å². The number of carboxylic acid groups (broad SMARTS) is 1. The number of carbonyl (C=O) groups is 1. The van der Waals surface area contributed by atoms with Crippen LogP contribution in [0, 0.1) is 0 Å². The van der Waals surface area contributed by atoms with E-state index in [2.05, 4.69) is 15.9 Å². The molecule has 1 rings (SSSR count). The molecule has 0 aliphatic carbocycles. The van der Waals surface area contributed by atoms with Crippen LogP contribution in [0.2, 0.25) is 0 Å². The third kappa shape index (κ3) is 4.02. The lowest BCUT2D eigenvalue weighted by atomic mass is 10.3. The van der Waals surface area contributed by atoms with Gasteiger partial charge < -0.3 is 5.11 Å². The molecule has 0 saturated heterocycles. The fourth-order valence-electron chi connectivity index (χ4n) is 0.951. The van der Waals surface area contributed by atoms with Crippen molar-refractivity contribution in [3.05, 3.63) is 20.8 Å². The monoisotopic (exact) mass is 294 g/mol. The number of thioether (sulfide) groups is 1. The van der Waals surface area contributed by atoms with E-state index in [1.165, 1.54) is 4.88 Å². The van der Waals surface area contributed by atoms with E-state index in [4.69, 9.17) is 5.11 Å². The van der Waals surface area contributed by atoms with Gasteiger partial charge in [-0.25, -0.2) is 0 Å². The van der Waals surface area contributed by atoms with Gasteiger partial charge in [0.15, 0.2) is 0 Å².